The van der Waals surface area contributed by atoms with E-state index in [1.165, 1.54) is 30.3 Å². The molecular formula is C26H17F3N2O5. The molecule has 0 spiro atoms. The van der Waals surface area contributed by atoms with Crippen LogP contribution in [0.3, 0.4) is 0 Å². The fourth-order valence-corrected chi connectivity index (χ4v) is 3.96. The molecule has 0 bridgehead atoms. The van der Waals surface area contributed by atoms with Crippen molar-refractivity contribution in [1.29, 1.82) is 0 Å². The number of carbonyl (C=O) groups is 2. The molecule has 4 rings (SSSR count). The first kappa shape index (κ1) is 24.4. The molecule has 0 fully saturated rings. The van der Waals surface area contributed by atoms with Gasteiger partial charge in [-0.05, 0) is 35.9 Å². The van der Waals surface area contributed by atoms with Gasteiger partial charge in [0.2, 0.25) is 0 Å². The van der Waals surface area contributed by atoms with Crippen LogP contribution in [0, 0.1) is 10.1 Å². The molecule has 1 amide bonds. The number of nitro benzene ring substituents is 1. The summed E-state index contributed by atoms with van der Waals surface area (Å²) in [6, 6.07) is 16.0. The minimum atomic E-state index is -4.74. The fourth-order valence-electron chi connectivity index (χ4n) is 3.96. The molecule has 0 aliphatic carbocycles. The molecule has 7 nitrogen and oxygen atoms in total. The van der Waals surface area contributed by atoms with Crippen LogP contribution in [-0.4, -0.2) is 21.7 Å². The van der Waals surface area contributed by atoms with Crippen LogP contribution in [0.15, 0.2) is 96.3 Å². The monoisotopic (exact) mass is 494 g/mol. The normalized spacial score (nSPS) is 16.1. The summed E-state index contributed by atoms with van der Waals surface area (Å²) in [4.78, 5) is 38.1. The second kappa shape index (κ2) is 9.49. The lowest BCUT2D eigenvalue weighted by Gasteiger charge is -2.27. The molecule has 3 aromatic carbocycles. The molecule has 0 aromatic heterocycles. The van der Waals surface area contributed by atoms with Crippen LogP contribution < -0.4 is 4.90 Å². The van der Waals surface area contributed by atoms with Crippen LogP contribution in [0.5, 0.6) is 0 Å². The van der Waals surface area contributed by atoms with Crippen LogP contribution in [0.4, 0.5) is 24.5 Å². The Labute approximate surface area is 202 Å². The lowest BCUT2D eigenvalue weighted by Crippen LogP contribution is -2.31. The lowest BCUT2D eigenvalue weighted by atomic mass is 9.94. The summed E-state index contributed by atoms with van der Waals surface area (Å²) in [6.07, 6.45) is -2.22. The number of benzene rings is 3. The molecule has 36 heavy (non-hydrogen) atoms. The molecule has 10 heteroatoms. The summed E-state index contributed by atoms with van der Waals surface area (Å²) in [5.74, 6) is -2.99. The zero-order chi connectivity index (χ0) is 26.0. The summed E-state index contributed by atoms with van der Waals surface area (Å²) in [6.45, 7) is 0. The van der Waals surface area contributed by atoms with Crippen LogP contribution in [0.2, 0.25) is 0 Å². The van der Waals surface area contributed by atoms with Crippen molar-refractivity contribution >= 4 is 29.1 Å². The van der Waals surface area contributed by atoms with Gasteiger partial charge >= 0.3 is 6.18 Å². The van der Waals surface area contributed by atoms with Crippen molar-refractivity contribution in [3.63, 3.8) is 0 Å². The quantitative estimate of drug-likeness (QED) is 0.265. The SMILES string of the molecule is O=C(/C=C/c1ccccc1)C1=C(O)C(=O)N(c2cccc(C(F)(F)F)c2)[C@H]1c1ccccc1[N+](=O)[O-]. The number of rotatable bonds is 6. The Hall–Kier alpha value is -4.73. The Morgan fingerprint density at radius 2 is 1.67 bits per heavy atom. The average molecular weight is 494 g/mol. The number of aliphatic hydroxyl groups is 1. The predicted molar refractivity (Wildman–Crippen MR) is 125 cm³/mol. The fraction of sp³-hybridized carbons (Fsp3) is 0.0769. The Morgan fingerprint density at radius 3 is 2.33 bits per heavy atom. The zero-order valence-electron chi connectivity index (χ0n) is 18.3. The van der Waals surface area contributed by atoms with Gasteiger partial charge in [0.1, 0.15) is 6.04 Å². The van der Waals surface area contributed by atoms with Gasteiger partial charge in [-0.1, -0.05) is 54.6 Å². The number of hydrogen-bond acceptors (Lipinski definition) is 5. The third-order valence-electron chi connectivity index (χ3n) is 5.58. The summed E-state index contributed by atoms with van der Waals surface area (Å²) >= 11 is 0. The first-order valence-electron chi connectivity index (χ1n) is 10.5. The molecule has 3 aromatic rings. The topological polar surface area (TPSA) is 101 Å². The minimum Gasteiger partial charge on any atom is -0.503 e. The highest BCUT2D eigenvalue weighted by Gasteiger charge is 2.46. The number of nitrogens with zero attached hydrogens (tertiary/aromatic N) is 2. The number of nitro groups is 1. The summed E-state index contributed by atoms with van der Waals surface area (Å²) < 4.78 is 40.1. The maximum Gasteiger partial charge on any atom is 0.416 e. The molecule has 0 radical (unpaired) electrons. The predicted octanol–water partition coefficient (Wildman–Crippen LogP) is 5.80. The first-order chi connectivity index (χ1) is 17.1. The Kier molecular flexibility index (Phi) is 6.43. The van der Waals surface area contributed by atoms with Crippen molar-refractivity contribution in [2.45, 2.75) is 12.2 Å². The molecule has 1 atom stereocenters. The number of para-hydroxylation sites is 1. The van der Waals surface area contributed by atoms with Crippen molar-refractivity contribution in [3.8, 4) is 0 Å². The molecule has 1 N–H and O–H groups in total. The number of hydrogen-bond donors (Lipinski definition) is 1. The summed E-state index contributed by atoms with van der Waals surface area (Å²) in [7, 11) is 0. The van der Waals surface area contributed by atoms with E-state index in [-0.39, 0.29) is 11.3 Å². The van der Waals surface area contributed by atoms with Gasteiger partial charge in [0.05, 0.1) is 21.6 Å². The second-order valence-corrected chi connectivity index (χ2v) is 7.81. The Bertz CT molecular complexity index is 1410. The highest BCUT2D eigenvalue weighted by molar-refractivity contribution is 6.20. The van der Waals surface area contributed by atoms with Gasteiger partial charge in [-0.2, -0.15) is 13.2 Å². The number of ketones is 1. The van der Waals surface area contributed by atoms with Gasteiger partial charge in [0, 0.05) is 11.8 Å². The number of amides is 1. The third-order valence-corrected chi connectivity index (χ3v) is 5.58. The van der Waals surface area contributed by atoms with Crippen molar-refractivity contribution in [1.82, 2.24) is 0 Å². The van der Waals surface area contributed by atoms with Gasteiger partial charge in [0.15, 0.2) is 11.5 Å². The highest BCUT2D eigenvalue weighted by Crippen LogP contribution is 2.44. The smallest absolute Gasteiger partial charge is 0.416 e. The summed E-state index contributed by atoms with van der Waals surface area (Å²) in [5.41, 5.74) is -1.84. The third kappa shape index (κ3) is 4.61. The largest absolute Gasteiger partial charge is 0.503 e. The molecule has 1 aliphatic heterocycles. The molecule has 0 unspecified atom stereocenters. The maximum atomic E-state index is 13.4. The molecule has 1 heterocycles. The second-order valence-electron chi connectivity index (χ2n) is 7.81. The van der Waals surface area contributed by atoms with Crippen LogP contribution in [-0.2, 0) is 15.8 Å². The van der Waals surface area contributed by atoms with E-state index in [0.29, 0.717) is 11.6 Å². The molecule has 182 valence electrons. The van der Waals surface area contributed by atoms with Gasteiger partial charge in [0.25, 0.3) is 11.6 Å². The van der Waals surface area contributed by atoms with Crippen LogP contribution in [0.1, 0.15) is 22.7 Å². The van der Waals surface area contributed by atoms with E-state index in [0.717, 1.165) is 29.2 Å². The Balaban J connectivity index is 1.88. The average Bonchev–Trinajstić information content (AvgIpc) is 3.13. The number of anilines is 1. The van der Waals surface area contributed by atoms with E-state index in [1.54, 1.807) is 30.3 Å². The molecular weight excluding hydrogens is 477 g/mol. The number of halogens is 3. The van der Waals surface area contributed by atoms with Crippen molar-refractivity contribution < 1.29 is 32.8 Å². The summed E-state index contributed by atoms with van der Waals surface area (Å²) in [5, 5.41) is 22.4. The van der Waals surface area contributed by atoms with Gasteiger partial charge in [-0.15, -0.1) is 0 Å². The van der Waals surface area contributed by atoms with Crippen LogP contribution >= 0.6 is 0 Å². The zero-order valence-corrected chi connectivity index (χ0v) is 18.3. The van der Waals surface area contributed by atoms with Crippen LogP contribution in [0.25, 0.3) is 6.08 Å². The van der Waals surface area contributed by atoms with Crippen molar-refractivity contribution in [2.75, 3.05) is 4.90 Å². The Morgan fingerprint density at radius 1 is 1.00 bits per heavy atom. The number of aliphatic hydroxyl groups excluding tert-OH is 1. The molecule has 0 saturated heterocycles. The van der Waals surface area contributed by atoms with E-state index in [1.807, 2.05) is 0 Å². The minimum absolute atomic E-state index is 0.145. The van der Waals surface area contributed by atoms with Gasteiger partial charge in [-0.3, -0.25) is 24.6 Å². The van der Waals surface area contributed by atoms with Gasteiger partial charge < -0.3 is 5.11 Å². The maximum absolute atomic E-state index is 13.4. The standard InChI is InChI=1S/C26H17F3N2O5/c27-26(28,29)17-9-6-10-18(15-17)30-23(19-11-4-5-12-20(19)31(35)36)22(24(33)25(30)34)21(32)14-13-16-7-2-1-3-8-16/h1-15,23,33H/b14-13+/t23-/m0/s1. The lowest BCUT2D eigenvalue weighted by molar-refractivity contribution is -0.385. The number of alkyl halides is 3. The highest BCUT2D eigenvalue weighted by atomic mass is 19.4. The van der Waals surface area contributed by atoms with E-state index in [2.05, 4.69) is 0 Å². The van der Waals surface area contributed by atoms with Crippen molar-refractivity contribution in [3.05, 3.63) is 123 Å². The first-order valence-corrected chi connectivity index (χ1v) is 10.5. The number of allylic oxidation sites excluding steroid dienone is 1. The van der Waals surface area contributed by atoms with E-state index in [4.69, 9.17) is 0 Å². The van der Waals surface area contributed by atoms with E-state index < -0.39 is 51.4 Å². The molecule has 1 aliphatic rings. The molecule has 0 saturated carbocycles. The van der Waals surface area contributed by atoms with E-state index in [9.17, 15) is 38.0 Å². The van der Waals surface area contributed by atoms with Gasteiger partial charge in [-0.25, -0.2) is 0 Å². The number of carbonyl (C=O) groups excluding carboxylic acids is 2. The van der Waals surface area contributed by atoms with E-state index >= 15 is 0 Å². The van der Waals surface area contributed by atoms with Crippen molar-refractivity contribution in [2.24, 2.45) is 0 Å².